The molecule has 2 saturated heterocycles. The van der Waals surface area contributed by atoms with Crippen LogP contribution in [0.15, 0.2) is 103 Å². The van der Waals surface area contributed by atoms with Crippen molar-refractivity contribution in [3.63, 3.8) is 0 Å². The molecule has 0 bridgehead atoms. The van der Waals surface area contributed by atoms with E-state index in [0.717, 1.165) is 115 Å². The van der Waals surface area contributed by atoms with Gasteiger partial charge in [0.15, 0.2) is 11.6 Å². The Morgan fingerprint density at radius 3 is 2.19 bits per heavy atom. The first kappa shape index (κ1) is 64.8. The molecule has 3 aromatic heterocycles. The first-order valence-electron chi connectivity index (χ1n) is 30.4. The van der Waals surface area contributed by atoms with Crippen molar-refractivity contribution >= 4 is 40.7 Å². The summed E-state index contributed by atoms with van der Waals surface area (Å²) in [5, 5.41) is 34.5. The Kier molecular flexibility index (Phi) is 24.5. The number of amides is 4. The predicted molar refractivity (Wildman–Crippen MR) is 332 cm³/mol. The van der Waals surface area contributed by atoms with Crippen molar-refractivity contribution in [3.8, 4) is 27.6 Å². The Balaban J connectivity index is 0.622. The summed E-state index contributed by atoms with van der Waals surface area (Å²) in [6, 6.07) is 25.2. The number of nitrogens with zero attached hydrogens (tertiary/aromatic N) is 5. The summed E-state index contributed by atoms with van der Waals surface area (Å²) in [5.74, 6) is 1.03. The van der Waals surface area contributed by atoms with E-state index in [1.807, 2.05) is 125 Å². The van der Waals surface area contributed by atoms with Gasteiger partial charge < -0.3 is 55.5 Å². The largest absolute Gasteiger partial charge is 0.494 e. The Hall–Kier alpha value is -7.14. The lowest BCUT2D eigenvalue weighted by Crippen LogP contribution is -2.57. The highest BCUT2D eigenvalue weighted by Gasteiger charge is 2.44. The monoisotopic (exact) mass is 1200 g/mol. The zero-order valence-corrected chi connectivity index (χ0v) is 51.4. The van der Waals surface area contributed by atoms with Crippen LogP contribution in [0, 0.1) is 12.3 Å². The number of pyridine rings is 1. The average Bonchev–Trinajstić information content (AvgIpc) is 2.51. The number of aromatic amines is 1. The molecule has 86 heavy (non-hydrogen) atoms. The number of H-pyrrole nitrogens is 1. The molecule has 3 aromatic carbocycles. The number of likely N-dealkylation sites (tertiary alicyclic amines) is 1. The number of carbonyl (C=O) groups is 4. The van der Waals surface area contributed by atoms with Crippen molar-refractivity contribution < 1.29 is 43.2 Å². The van der Waals surface area contributed by atoms with Gasteiger partial charge in [-0.1, -0.05) is 76.1 Å². The summed E-state index contributed by atoms with van der Waals surface area (Å²) >= 11 is 1.58. The Bertz CT molecular complexity index is 3070. The predicted octanol–water partition coefficient (Wildman–Crippen LogP) is 8.84. The number of β-amino-alcohol motifs (C(OH)–C–C–N with tert-alkyl or cyclic N) is 1. The molecule has 0 aliphatic carbocycles. The first-order chi connectivity index (χ1) is 41.7. The molecule has 0 spiro atoms. The van der Waals surface area contributed by atoms with E-state index < -0.39 is 29.1 Å². The molecule has 2 aliphatic heterocycles. The molecule has 6 aromatic rings. The number of hydrogen-bond donors (Lipinski definition) is 7. The van der Waals surface area contributed by atoms with Crippen LogP contribution in [0.5, 0.6) is 5.75 Å². The fourth-order valence-corrected chi connectivity index (χ4v) is 11.5. The van der Waals surface area contributed by atoms with E-state index in [1.54, 1.807) is 23.7 Å². The quantitative estimate of drug-likeness (QED) is 0.0190. The van der Waals surface area contributed by atoms with Crippen LogP contribution in [0.3, 0.4) is 0 Å². The van der Waals surface area contributed by atoms with Gasteiger partial charge in [0.05, 0.1) is 66.8 Å². The lowest BCUT2D eigenvalue weighted by atomic mass is 9.85. The van der Waals surface area contributed by atoms with Gasteiger partial charge in [-0.15, -0.1) is 11.3 Å². The zero-order valence-electron chi connectivity index (χ0n) is 50.5. The van der Waals surface area contributed by atoms with Gasteiger partial charge in [0, 0.05) is 68.4 Å². The number of aryl methyl sites for hydroxylation is 1. The molecule has 8 rings (SSSR count). The van der Waals surface area contributed by atoms with Crippen molar-refractivity contribution in [2.24, 2.45) is 5.41 Å². The highest BCUT2D eigenvalue weighted by molar-refractivity contribution is 7.13. The summed E-state index contributed by atoms with van der Waals surface area (Å²) in [4.78, 5) is 70.1. The van der Waals surface area contributed by atoms with E-state index in [0.29, 0.717) is 64.1 Å². The number of aliphatic hydroxyl groups is 1. The molecule has 2 fully saturated rings. The SMILES string of the molecule is Cc1ncsc1-c1ccc(CNC(=O)[C@@H]2C[C@@H](O)CN2C(=O)[C@@H](NC(=O)CCCCCOCCOCCOCCCCCCOc2cccc([C@H](C)NC(=O)c3cccc(NC4(c5nc(-c6ccncc6)n[nH]5)CCNCC4)c3)c2)C(C)(C)C)cc1. The van der Waals surface area contributed by atoms with Crippen molar-refractivity contribution in [3.05, 3.63) is 131 Å². The minimum atomic E-state index is -0.872. The standard InChI is InChI=1S/C65H87N11O9S/c1-45(70-60(79)51-16-13-17-52(39-51)73-65(26-30-67-31-27-65)63-72-59(74-75-63)49-24-28-66-29-25-49)50-15-14-18-54(40-50)85-34-12-7-6-10-32-82-35-37-84-38-36-83-33-11-8-9-19-56(78)71-58(64(3,4)5)62(81)76-43-53(77)41-55(76)61(80)68-42-47-20-22-48(23-21-47)57-46(2)69-44-86-57/h13-18,20-25,28-29,39-40,44-45,53,55,58,67,73,77H,6-12,19,26-27,30-38,41-43H2,1-5H3,(H,68,80)(H,70,79)(H,71,78)(H,72,74,75)/t45-,53+,55-,58+/m0/s1. The van der Waals surface area contributed by atoms with Gasteiger partial charge in [-0.05, 0) is 136 Å². The molecule has 0 unspecified atom stereocenters. The van der Waals surface area contributed by atoms with Crippen LogP contribution >= 0.6 is 11.3 Å². The maximum atomic E-state index is 14.0. The molecule has 4 atom stereocenters. The Labute approximate surface area is 509 Å². The molecule has 7 N–H and O–H groups in total. The molecular formula is C65H87N11O9S. The normalized spacial score (nSPS) is 16.5. The number of carbonyl (C=O) groups excluding carboxylic acids is 4. The fourth-order valence-electron chi connectivity index (χ4n) is 10.7. The smallest absolute Gasteiger partial charge is 0.251 e. The first-order valence-corrected chi connectivity index (χ1v) is 31.3. The van der Waals surface area contributed by atoms with Gasteiger partial charge >= 0.3 is 0 Å². The number of piperidine rings is 1. The fraction of sp³-hybridized carbons (Fsp3) is 0.508. The molecule has 462 valence electrons. The topological polar surface area (TPSA) is 256 Å². The van der Waals surface area contributed by atoms with E-state index in [4.69, 9.17) is 23.9 Å². The van der Waals surface area contributed by atoms with Gasteiger partial charge in [-0.3, -0.25) is 29.3 Å². The molecule has 20 nitrogen and oxygen atoms in total. The number of ether oxygens (including phenoxy) is 4. The summed E-state index contributed by atoms with van der Waals surface area (Å²) in [5.41, 5.74) is 6.87. The van der Waals surface area contributed by atoms with E-state index in [1.165, 1.54) is 4.90 Å². The maximum absolute atomic E-state index is 14.0. The van der Waals surface area contributed by atoms with E-state index in [9.17, 15) is 24.3 Å². The van der Waals surface area contributed by atoms with Crippen molar-refractivity contribution in [1.82, 2.24) is 51.3 Å². The molecule has 0 saturated carbocycles. The van der Waals surface area contributed by atoms with Crippen molar-refractivity contribution in [1.29, 1.82) is 0 Å². The van der Waals surface area contributed by atoms with Gasteiger partial charge in [-0.2, -0.15) is 5.10 Å². The van der Waals surface area contributed by atoms with Crippen LogP contribution in [0.1, 0.15) is 137 Å². The van der Waals surface area contributed by atoms with Crippen LogP contribution in [0.25, 0.3) is 21.8 Å². The molecule has 0 radical (unpaired) electrons. The van der Waals surface area contributed by atoms with Crippen molar-refractivity contribution in [2.75, 3.05) is 71.2 Å². The summed E-state index contributed by atoms with van der Waals surface area (Å²) in [7, 11) is 0. The second kappa shape index (κ2) is 32.6. The number of rotatable bonds is 33. The Morgan fingerprint density at radius 2 is 1.49 bits per heavy atom. The summed E-state index contributed by atoms with van der Waals surface area (Å²) < 4.78 is 23.3. The second-order valence-corrected chi connectivity index (χ2v) is 24.3. The zero-order chi connectivity index (χ0) is 60.7. The van der Waals surface area contributed by atoms with Crippen LogP contribution in [-0.4, -0.2) is 143 Å². The number of aliphatic hydroxyl groups excluding tert-OH is 1. The summed E-state index contributed by atoms with van der Waals surface area (Å²) in [6.45, 7) is 15.3. The second-order valence-electron chi connectivity index (χ2n) is 23.4. The lowest BCUT2D eigenvalue weighted by Gasteiger charge is -2.37. The minimum absolute atomic E-state index is 0.0211. The van der Waals surface area contributed by atoms with E-state index in [-0.39, 0.29) is 55.6 Å². The minimum Gasteiger partial charge on any atom is -0.494 e. The molecule has 21 heteroatoms. The van der Waals surface area contributed by atoms with Crippen LogP contribution in [0.2, 0.25) is 0 Å². The number of hydrogen-bond acceptors (Lipinski definition) is 16. The maximum Gasteiger partial charge on any atom is 0.251 e. The van der Waals surface area contributed by atoms with Gasteiger partial charge in [-0.25, -0.2) is 9.97 Å². The van der Waals surface area contributed by atoms with Gasteiger partial charge in [0.1, 0.15) is 17.8 Å². The van der Waals surface area contributed by atoms with Gasteiger partial charge in [0.2, 0.25) is 17.7 Å². The van der Waals surface area contributed by atoms with Crippen molar-refractivity contribution in [2.45, 2.75) is 142 Å². The highest BCUT2D eigenvalue weighted by atomic mass is 32.1. The molecule has 4 amide bonds. The molecular weight excluding hydrogens is 1110 g/mol. The third-order valence-electron chi connectivity index (χ3n) is 15.6. The number of benzene rings is 3. The van der Waals surface area contributed by atoms with E-state index in [2.05, 4.69) is 46.7 Å². The lowest BCUT2D eigenvalue weighted by molar-refractivity contribution is -0.144. The number of anilines is 1. The van der Waals surface area contributed by atoms with Crippen LogP contribution in [0.4, 0.5) is 5.69 Å². The molecule has 2 aliphatic rings. The number of thiazole rings is 1. The third kappa shape index (κ3) is 19.2. The Morgan fingerprint density at radius 1 is 0.802 bits per heavy atom. The third-order valence-corrected chi connectivity index (χ3v) is 16.6. The number of unbranched alkanes of at least 4 members (excludes halogenated alkanes) is 5. The van der Waals surface area contributed by atoms with Gasteiger partial charge in [0.25, 0.3) is 5.91 Å². The summed E-state index contributed by atoms with van der Waals surface area (Å²) in [6.07, 6.45) is 10.7. The molecule has 5 heterocycles. The van der Waals surface area contributed by atoms with Crippen LogP contribution < -0.4 is 31.3 Å². The average molecular weight is 1200 g/mol. The number of aromatic nitrogens is 5. The highest BCUT2D eigenvalue weighted by Crippen LogP contribution is 2.35. The number of nitrogens with one attached hydrogen (secondary N) is 6. The van der Waals surface area contributed by atoms with E-state index >= 15 is 0 Å². The van der Waals surface area contributed by atoms with Crippen LogP contribution in [-0.2, 0) is 40.7 Å².